The van der Waals surface area contributed by atoms with Gasteiger partial charge < -0.3 is 10.0 Å². The number of rotatable bonds is 5. The Hall–Kier alpha value is -2.73. The molecule has 0 bridgehead atoms. The number of aliphatic hydroxyl groups excluding tert-OH is 1. The average Bonchev–Trinajstić information content (AvgIpc) is 2.85. The summed E-state index contributed by atoms with van der Waals surface area (Å²) in [6, 6.07) is 6.27. The van der Waals surface area contributed by atoms with Crippen LogP contribution in [0.4, 0.5) is 5.69 Å². The van der Waals surface area contributed by atoms with Gasteiger partial charge in [0.2, 0.25) is 0 Å². The van der Waals surface area contributed by atoms with Gasteiger partial charge in [-0.2, -0.15) is 0 Å². The molecule has 1 aliphatic heterocycles. The molecule has 142 valence electrons. The number of likely N-dealkylation sites (N-methyl/N-ethyl adjacent to an activating group) is 1. The van der Waals surface area contributed by atoms with Crippen LogP contribution >= 0.6 is 0 Å². The highest BCUT2D eigenvalue weighted by molar-refractivity contribution is 5.72. The molecule has 1 fully saturated rings. The van der Waals surface area contributed by atoms with Crippen molar-refractivity contribution in [2.45, 2.75) is 26.0 Å². The molecule has 27 heavy (non-hydrogen) atoms. The molecular formula is C21H25N3O3. The summed E-state index contributed by atoms with van der Waals surface area (Å²) < 4.78 is 0. The number of fused-ring (bicyclic) bond motifs is 1. The van der Waals surface area contributed by atoms with Gasteiger partial charge in [-0.25, -0.2) is 0 Å². The Morgan fingerprint density at radius 3 is 2.59 bits per heavy atom. The van der Waals surface area contributed by atoms with Crippen LogP contribution in [0.2, 0.25) is 0 Å². The van der Waals surface area contributed by atoms with Crippen LogP contribution in [0.25, 0.3) is 0 Å². The van der Waals surface area contributed by atoms with E-state index in [2.05, 4.69) is 55.1 Å². The molecule has 1 aromatic carbocycles. The molecule has 6 nitrogen and oxygen atoms in total. The van der Waals surface area contributed by atoms with Crippen molar-refractivity contribution in [3.05, 3.63) is 76.0 Å². The van der Waals surface area contributed by atoms with Crippen molar-refractivity contribution < 1.29 is 10.0 Å². The fourth-order valence-electron chi connectivity index (χ4n) is 3.96. The third-order valence-corrected chi connectivity index (χ3v) is 5.53. The van der Waals surface area contributed by atoms with Crippen LogP contribution in [0.5, 0.6) is 0 Å². The monoisotopic (exact) mass is 367 g/mol. The van der Waals surface area contributed by atoms with E-state index in [0.29, 0.717) is 17.5 Å². The Bertz CT molecular complexity index is 822. The fourth-order valence-corrected chi connectivity index (χ4v) is 3.96. The van der Waals surface area contributed by atoms with Crippen molar-refractivity contribution in [2.75, 3.05) is 13.6 Å². The summed E-state index contributed by atoms with van der Waals surface area (Å²) in [6.07, 6.45) is 11.7. The summed E-state index contributed by atoms with van der Waals surface area (Å²) in [5, 5.41) is 20.9. The number of nitrogens with zero attached hydrogens (tertiary/aromatic N) is 3. The van der Waals surface area contributed by atoms with Gasteiger partial charge in [0.25, 0.3) is 5.69 Å². The van der Waals surface area contributed by atoms with Gasteiger partial charge in [0, 0.05) is 42.4 Å². The van der Waals surface area contributed by atoms with Gasteiger partial charge in [-0.05, 0) is 23.8 Å². The van der Waals surface area contributed by atoms with E-state index in [1.165, 1.54) is 17.8 Å². The molecule has 0 saturated carbocycles. The maximum Gasteiger partial charge on any atom is 0.269 e. The zero-order valence-corrected chi connectivity index (χ0v) is 15.8. The highest BCUT2D eigenvalue weighted by Gasteiger charge is 2.46. The lowest BCUT2D eigenvalue weighted by atomic mass is 9.75. The average molecular weight is 367 g/mol. The van der Waals surface area contributed by atoms with Crippen molar-refractivity contribution in [2.24, 2.45) is 16.3 Å². The highest BCUT2D eigenvalue weighted by atomic mass is 16.6. The molecule has 1 heterocycles. The highest BCUT2D eigenvalue weighted by Crippen LogP contribution is 2.49. The minimum atomic E-state index is -0.789. The molecule has 1 aromatic rings. The van der Waals surface area contributed by atoms with E-state index in [-0.39, 0.29) is 17.6 Å². The number of aliphatic imine (C=N–C) groups is 1. The first-order chi connectivity index (χ1) is 12.8. The lowest BCUT2D eigenvalue weighted by Gasteiger charge is -2.26. The molecule has 6 heteroatoms. The van der Waals surface area contributed by atoms with Crippen molar-refractivity contribution >= 4 is 11.9 Å². The van der Waals surface area contributed by atoms with Gasteiger partial charge in [0.15, 0.2) is 0 Å². The van der Waals surface area contributed by atoms with Gasteiger partial charge in [-0.3, -0.25) is 15.1 Å². The van der Waals surface area contributed by atoms with E-state index < -0.39 is 11.0 Å². The lowest BCUT2D eigenvalue weighted by Crippen LogP contribution is -2.27. The Morgan fingerprint density at radius 1 is 1.30 bits per heavy atom. The van der Waals surface area contributed by atoms with E-state index in [4.69, 9.17) is 0 Å². The normalized spacial score (nSPS) is 25.9. The van der Waals surface area contributed by atoms with Crippen LogP contribution < -0.4 is 0 Å². The summed E-state index contributed by atoms with van der Waals surface area (Å²) in [6.45, 7) is 4.69. The quantitative estimate of drug-likeness (QED) is 0.489. The molecule has 2 aliphatic rings. The number of benzene rings is 1. The van der Waals surface area contributed by atoms with Gasteiger partial charge in [-0.1, -0.05) is 38.2 Å². The largest absolute Gasteiger partial charge is 0.386 e. The Labute approximate surface area is 159 Å². The Kier molecular flexibility index (Phi) is 5.28. The van der Waals surface area contributed by atoms with Crippen molar-refractivity contribution in [3.63, 3.8) is 0 Å². The molecule has 0 unspecified atom stereocenters. The molecule has 1 N–H and O–H groups in total. The van der Waals surface area contributed by atoms with Crippen molar-refractivity contribution in [3.8, 4) is 0 Å². The number of allylic oxidation sites excluding steroid dienone is 4. The third kappa shape index (κ3) is 3.71. The molecule has 0 radical (unpaired) electrons. The number of non-ortho nitro benzene ring substituents is 1. The summed E-state index contributed by atoms with van der Waals surface area (Å²) in [4.78, 5) is 16.9. The molecule has 1 saturated heterocycles. The van der Waals surface area contributed by atoms with Crippen molar-refractivity contribution in [1.82, 2.24) is 4.90 Å². The number of nitro benzene ring substituents is 1. The first-order valence-electron chi connectivity index (χ1n) is 9.03. The van der Waals surface area contributed by atoms with E-state index in [1.807, 2.05) is 6.08 Å². The number of likely N-dealkylation sites (tertiary alicyclic amines) is 1. The second-order valence-corrected chi connectivity index (χ2v) is 7.55. The smallest absolute Gasteiger partial charge is 0.269 e. The van der Waals surface area contributed by atoms with E-state index >= 15 is 0 Å². The summed E-state index contributed by atoms with van der Waals surface area (Å²) >= 11 is 0. The summed E-state index contributed by atoms with van der Waals surface area (Å²) in [7, 11) is 2.10. The molecule has 3 atom stereocenters. The maximum absolute atomic E-state index is 10.7. The van der Waals surface area contributed by atoms with Gasteiger partial charge in [0.05, 0.1) is 23.6 Å². The van der Waals surface area contributed by atoms with Crippen LogP contribution in [0.3, 0.4) is 0 Å². The minimum Gasteiger partial charge on any atom is -0.386 e. The molecular weight excluding hydrogens is 342 g/mol. The molecule has 0 spiro atoms. The van der Waals surface area contributed by atoms with Crippen LogP contribution in [-0.4, -0.2) is 40.8 Å². The van der Waals surface area contributed by atoms with Crippen LogP contribution in [0, 0.1) is 21.4 Å². The number of hydrogen-bond donors (Lipinski definition) is 1. The molecule has 3 rings (SSSR count). The topological polar surface area (TPSA) is 79.0 Å². The van der Waals surface area contributed by atoms with E-state index in [9.17, 15) is 15.2 Å². The predicted octanol–water partition coefficient (Wildman–Crippen LogP) is 3.67. The van der Waals surface area contributed by atoms with Gasteiger partial charge in [-0.15, -0.1) is 0 Å². The predicted molar refractivity (Wildman–Crippen MR) is 107 cm³/mol. The van der Waals surface area contributed by atoms with E-state index in [1.54, 1.807) is 18.3 Å². The number of aliphatic hydroxyl groups is 1. The Balaban J connectivity index is 1.66. The maximum atomic E-state index is 10.7. The van der Waals surface area contributed by atoms with Crippen LogP contribution in [0.15, 0.2) is 65.3 Å². The number of nitro groups is 1. The molecule has 0 aromatic heterocycles. The first kappa shape index (κ1) is 19.0. The molecule has 0 amide bonds. The van der Waals surface area contributed by atoms with Gasteiger partial charge in [0.1, 0.15) is 0 Å². The van der Waals surface area contributed by atoms with Gasteiger partial charge >= 0.3 is 0 Å². The third-order valence-electron chi connectivity index (χ3n) is 5.53. The zero-order chi connectivity index (χ0) is 19.6. The minimum absolute atomic E-state index is 0.00365. The van der Waals surface area contributed by atoms with Crippen LogP contribution in [-0.2, 0) is 0 Å². The number of hydrogen-bond acceptors (Lipinski definition) is 5. The lowest BCUT2D eigenvalue weighted by molar-refractivity contribution is -0.384. The second-order valence-electron chi connectivity index (χ2n) is 7.55. The summed E-state index contributed by atoms with van der Waals surface area (Å²) in [5.41, 5.74) is 1.84. The molecule has 1 aliphatic carbocycles. The zero-order valence-electron chi connectivity index (χ0n) is 15.8. The fraction of sp³-hybridized carbons (Fsp3) is 0.381. The van der Waals surface area contributed by atoms with Crippen LogP contribution in [0.1, 0.15) is 25.5 Å². The van der Waals surface area contributed by atoms with E-state index in [0.717, 1.165) is 0 Å². The van der Waals surface area contributed by atoms with Crippen molar-refractivity contribution in [1.29, 1.82) is 0 Å². The standard InChI is InChI=1S/C21H25N3O3/c1-21(2)17-6-4-5-7-18(17)23(3)20(21)12-13-22-14-19(25)15-8-10-16(11-9-15)24(26)27/h4-13,17-19,25H,14H2,1-3H3/b20-12+,22-13?/t17-,18-,19+/m1/s1. The Morgan fingerprint density at radius 2 is 1.96 bits per heavy atom. The SMILES string of the molecule is CN1/C(=C/C=NC[C@H](O)c2ccc([N+](=O)[O-])cc2)C(C)(C)[C@@H]2C=CC=C[C@H]21. The summed E-state index contributed by atoms with van der Waals surface area (Å²) in [5.74, 6) is 0.429. The second kappa shape index (κ2) is 7.48. The first-order valence-corrected chi connectivity index (χ1v) is 9.03.